The second-order valence-electron chi connectivity index (χ2n) is 7.85. The van der Waals surface area contributed by atoms with Gasteiger partial charge in [0.1, 0.15) is 0 Å². The minimum Gasteiger partial charge on any atom is -0.326 e. The molecule has 198 valence electrons. The van der Waals surface area contributed by atoms with Crippen molar-refractivity contribution in [3.05, 3.63) is 70.4 Å². The zero-order chi connectivity index (χ0) is 28.6. The summed E-state index contributed by atoms with van der Waals surface area (Å²) in [5, 5.41) is 21.4. The van der Waals surface area contributed by atoms with Gasteiger partial charge in [0.2, 0.25) is 0 Å². The molecule has 2 aromatic carbocycles. The number of allylic oxidation sites excluding steroid dienone is 1. The van der Waals surface area contributed by atoms with Gasteiger partial charge in [-0.1, -0.05) is 12.1 Å². The Balaban J connectivity index is 2.18. The first kappa shape index (κ1) is 28.1. The summed E-state index contributed by atoms with van der Waals surface area (Å²) in [6.07, 6.45) is -10.2. The number of nitriles is 2. The largest absolute Gasteiger partial charge is 0.472 e. The van der Waals surface area contributed by atoms with E-state index in [9.17, 15) is 50.7 Å². The van der Waals surface area contributed by atoms with Crippen LogP contribution in [0, 0.1) is 22.7 Å². The van der Waals surface area contributed by atoms with Gasteiger partial charge in [-0.2, -0.15) is 36.9 Å². The maximum absolute atomic E-state index is 13.2. The van der Waals surface area contributed by atoms with Gasteiger partial charge in [-0.3, -0.25) is 14.4 Å². The molecule has 3 rings (SSSR count). The third-order valence-electron chi connectivity index (χ3n) is 5.36. The number of hydrogen-bond acceptors (Lipinski definition) is 5. The highest BCUT2D eigenvalue weighted by molar-refractivity contribution is 7.99. The minimum atomic E-state index is -5.42. The second kappa shape index (κ2) is 9.75. The summed E-state index contributed by atoms with van der Waals surface area (Å²) in [7, 11) is -4.30. The first-order valence-corrected chi connectivity index (χ1v) is 11.9. The average Bonchev–Trinajstić information content (AvgIpc) is 2.82. The lowest BCUT2D eigenvalue weighted by atomic mass is 9.94. The van der Waals surface area contributed by atoms with Crippen molar-refractivity contribution < 1.29 is 40.1 Å². The number of benzene rings is 2. The highest BCUT2D eigenvalue weighted by atomic mass is 32.2. The molecular formula is C23H15F6N5O3S. The third-order valence-corrected chi connectivity index (χ3v) is 6.94. The van der Waals surface area contributed by atoms with Crippen molar-refractivity contribution in [1.29, 1.82) is 10.5 Å². The zero-order valence-corrected chi connectivity index (χ0v) is 19.9. The summed E-state index contributed by atoms with van der Waals surface area (Å²) < 4.78 is 92.5. The van der Waals surface area contributed by atoms with Crippen LogP contribution >= 0.6 is 0 Å². The maximum atomic E-state index is 13.2. The van der Waals surface area contributed by atoms with Crippen LogP contribution in [0.4, 0.5) is 36.8 Å². The molecule has 1 aliphatic heterocycles. The van der Waals surface area contributed by atoms with E-state index < -0.39 is 50.5 Å². The fourth-order valence-corrected chi connectivity index (χ4v) is 5.05. The van der Waals surface area contributed by atoms with Crippen molar-refractivity contribution in [2.45, 2.75) is 30.2 Å². The molecule has 38 heavy (non-hydrogen) atoms. The van der Waals surface area contributed by atoms with Crippen LogP contribution in [0.2, 0.25) is 0 Å². The molecular weight excluding hydrogens is 540 g/mol. The van der Waals surface area contributed by atoms with E-state index in [2.05, 4.69) is 11.2 Å². The Kier molecular flexibility index (Phi) is 7.21. The van der Waals surface area contributed by atoms with Gasteiger partial charge < -0.3 is 5.32 Å². The Labute approximate surface area is 211 Å². The molecule has 0 radical (unpaired) electrons. The van der Waals surface area contributed by atoms with E-state index in [1.165, 1.54) is 17.7 Å². The van der Waals surface area contributed by atoms with Gasteiger partial charge >= 0.3 is 24.3 Å². The van der Waals surface area contributed by atoms with E-state index in [0.29, 0.717) is 6.07 Å². The SMILES string of the molecule is C=S(=O)(NC(=O)C(F)(F)F)c1cc(C#N)ccc1C1NC(=O)N(c2cccc(C(F)(F)F)c2)C(C)=C1C#N. The fraction of sp³-hybridized carbons (Fsp3) is 0.174. The van der Waals surface area contributed by atoms with Crippen LogP contribution in [0.3, 0.4) is 0 Å². The number of rotatable bonds is 4. The molecule has 1 aliphatic rings. The van der Waals surface area contributed by atoms with Crippen molar-refractivity contribution in [3.63, 3.8) is 0 Å². The van der Waals surface area contributed by atoms with Crippen molar-refractivity contribution in [3.8, 4) is 12.1 Å². The van der Waals surface area contributed by atoms with Gasteiger partial charge in [0.05, 0.1) is 55.2 Å². The van der Waals surface area contributed by atoms with Gasteiger partial charge in [-0.15, -0.1) is 0 Å². The monoisotopic (exact) mass is 555 g/mol. The second-order valence-corrected chi connectivity index (χ2v) is 9.84. The van der Waals surface area contributed by atoms with E-state index in [1.54, 1.807) is 12.1 Å². The summed E-state index contributed by atoms with van der Waals surface area (Å²) in [4.78, 5) is 24.7. The molecule has 15 heteroatoms. The Morgan fingerprint density at radius 2 is 1.76 bits per heavy atom. The number of urea groups is 1. The lowest BCUT2D eigenvalue weighted by Crippen LogP contribution is -2.47. The summed E-state index contributed by atoms with van der Waals surface area (Å²) in [5.74, 6) is 0.585. The molecule has 2 unspecified atom stereocenters. The van der Waals surface area contributed by atoms with Gasteiger partial charge in [-0.05, 0) is 48.7 Å². The number of carbonyl (C=O) groups excluding carboxylic acids is 2. The molecule has 0 bridgehead atoms. The first-order valence-electron chi connectivity index (χ1n) is 10.2. The van der Waals surface area contributed by atoms with Gasteiger partial charge in [0, 0.05) is 5.70 Å². The van der Waals surface area contributed by atoms with E-state index in [-0.39, 0.29) is 28.1 Å². The number of hydrogen-bond donors (Lipinski definition) is 2. The average molecular weight is 555 g/mol. The standard InChI is InChI=1S/C23H15F6N5O3S/c1-12-17(11-31)19(32-21(36)34(12)15-5-3-4-14(9-15)22(24,25)26)16-7-6-13(10-30)8-18(16)38(2,37)33-20(35)23(27,28)29/h3-9,19H,2H2,1H3,(H,32,36)(H,33,35,37). The molecule has 0 aliphatic carbocycles. The van der Waals surface area contributed by atoms with Gasteiger partial charge in [0.15, 0.2) is 0 Å². The molecule has 8 nitrogen and oxygen atoms in total. The van der Waals surface area contributed by atoms with E-state index >= 15 is 0 Å². The molecule has 0 saturated heterocycles. The maximum Gasteiger partial charge on any atom is 0.472 e. The highest BCUT2D eigenvalue weighted by Crippen LogP contribution is 2.38. The predicted molar refractivity (Wildman–Crippen MR) is 122 cm³/mol. The Hall–Kier alpha value is -4.50. The number of halogens is 6. The zero-order valence-electron chi connectivity index (χ0n) is 19.1. The smallest absolute Gasteiger partial charge is 0.326 e. The molecule has 0 spiro atoms. The first-order chi connectivity index (χ1) is 17.5. The normalized spacial score (nSPS) is 17.7. The minimum absolute atomic E-state index is 0.134. The number of amides is 3. The van der Waals surface area contributed by atoms with Crippen LogP contribution in [0.5, 0.6) is 0 Å². The molecule has 0 saturated carbocycles. The number of nitrogens with one attached hydrogen (secondary N) is 2. The quantitative estimate of drug-likeness (QED) is 0.430. The molecule has 2 N–H and O–H groups in total. The predicted octanol–water partition coefficient (Wildman–Crippen LogP) is 4.31. The lowest BCUT2D eigenvalue weighted by Gasteiger charge is -2.35. The molecule has 1 heterocycles. The number of anilines is 1. The van der Waals surface area contributed by atoms with Crippen molar-refractivity contribution in [2.75, 3.05) is 4.90 Å². The summed E-state index contributed by atoms with van der Waals surface area (Å²) in [6.45, 7) is 1.25. The van der Waals surface area contributed by atoms with E-state index in [0.717, 1.165) is 35.2 Å². The van der Waals surface area contributed by atoms with Crippen LogP contribution in [-0.4, -0.2) is 28.2 Å². The molecule has 2 atom stereocenters. The number of nitrogens with zero attached hydrogens (tertiary/aromatic N) is 3. The molecule has 0 aromatic heterocycles. The van der Waals surface area contributed by atoms with Gasteiger partial charge in [0.25, 0.3) is 0 Å². The number of alkyl halides is 6. The van der Waals surface area contributed by atoms with Gasteiger partial charge in [-0.25, -0.2) is 9.00 Å². The Bertz CT molecular complexity index is 1550. The van der Waals surface area contributed by atoms with Crippen molar-refractivity contribution in [1.82, 2.24) is 10.0 Å². The van der Waals surface area contributed by atoms with Crippen LogP contribution in [0.1, 0.15) is 29.7 Å². The third kappa shape index (κ3) is 5.42. The van der Waals surface area contributed by atoms with Crippen LogP contribution < -0.4 is 14.9 Å². The topological polar surface area (TPSA) is 126 Å². The Morgan fingerprint density at radius 3 is 2.32 bits per heavy atom. The molecule has 3 amide bonds. The molecule has 0 fully saturated rings. The molecule has 2 aromatic rings. The van der Waals surface area contributed by atoms with Crippen LogP contribution in [-0.2, 0) is 20.7 Å². The van der Waals surface area contributed by atoms with Crippen molar-refractivity contribution in [2.24, 2.45) is 0 Å². The highest BCUT2D eigenvalue weighted by Gasteiger charge is 2.41. The van der Waals surface area contributed by atoms with E-state index in [1.807, 2.05) is 0 Å². The van der Waals surface area contributed by atoms with Crippen LogP contribution in [0.15, 0.2) is 58.6 Å². The van der Waals surface area contributed by atoms with E-state index in [4.69, 9.17) is 0 Å². The van der Waals surface area contributed by atoms with Crippen LogP contribution in [0.25, 0.3) is 0 Å². The van der Waals surface area contributed by atoms with Crippen molar-refractivity contribution >= 4 is 33.2 Å². The lowest BCUT2D eigenvalue weighted by molar-refractivity contribution is -0.171. The number of carbonyl (C=O) groups is 2. The summed E-state index contributed by atoms with van der Waals surface area (Å²) in [6, 6.07) is 7.85. The summed E-state index contributed by atoms with van der Waals surface area (Å²) >= 11 is 0. The fourth-order valence-electron chi connectivity index (χ4n) is 3.64. The Morgan fingerprint density at radius 1 is 1.11 bits per heavy atom. The summed E-state index contributed by atoms with van der Waals surface area (Å²) in [5.41, 5.74) is -2.13.